The van der Waals surface area contributed by atoms with E-state index in [1.165, 1.54) is 0 Å². The van der Waals surface area contributed by atoms with Crippen LogP contribution in [0.2, 0.25) is 5.02 Å². The van der Waals surface area contributed by atoms with Gasteiger partial charge in [0, 0.05) is 55.2 Å². The number of nitrogens with zero attached hydrogens (tertiary/aromatic N) is 2. The summed E-state index contributed by atoms with van der Waals surface area (Å²) in [6.07, 6.45) is 5.65. The van der Waals surface area contributed by atoms with Gasteiger partial charge in [-0.3, -0.25) is 14.6 Å². The number of halogens is 1. The van der Waals surface area contributed by atoms with Crippen LogP contribution in [-0.4, -0.2) is 41.3 Å². The second kappa shape index (κ2) is 11.7. The molecule has 4 rings (SSSR count). The normalized spacial score (nSPS) is 14.0. The second-order valence-electron chi connectivity index (χ2n) is 8.49. The highest BCUT2D eigenvalue weighted by Crippen LogP contribution is 2.23. The molecule has 2 N–H and O–H groups in total. The first kappa shape index (κ1) is 23.8. The Morgan fingerprint density at radius 3 is 2.38 bits per heavy atom. The molecule has 2 amide bonds. The smallest absolute Gasteiger partial charge is 0.255 e. The van der Waals surface area contributed by atoms with E-state index in [2.05, 4.69) is 15.6 Å². The first-order chi connectivity index (χ1) is 16.6. The van der Waals surface area contributed by atoms with Gasteiger partial charge in [0.15, 0.2) is 0 Å². The lowest BCUT2D eigenvalue weighted by molar-refractivity contribution is -0.126. The van der Waals surface area contributed by atoms with E-state index in [0.717, 1.165) is 23.2 Å². The summed E-state index contributed by atoms with van der Waals surface area (Å²) in [7, 11) is 0. The van der Waals surface area contributed by atoms with Crippen LogP contribution in [0.4, 0.5) is 5.69 Å². The number of hydrogen-bond acceptors (Lipinski definition) is 4. The molecule has 1 fully saturated rings. The quantitative estimate of drug-likeness (QED) is 0.500. The molecule has 3 aromatic rings. The molecular formula is C27H29ClN4O2. The highest BCUT2D eigenvalue weighted by Gasteiger charge is 2.28. The van der Waals surface area contributed by atoms with Crippen molar-refractivity contribution in [3.05, 3.63) is 94.8 Å². The Balaban J connectivity index is 1.27. The maximum Gasteiger partial charge on any atom is 0.255 e. The van der Waals surface area contributed by atoms with Gasteiger partial charge in [-0.25, -0.2) is 0 Å². The van der Waals surface area contributed by atoms with E-state index in [9.17, 15) is 9.59 Å². The van der Waals surface area contributed by atoms with E-state index >= 15 is 0 Å². The fourth-order valence-electron chi connectivity index (χ4n) is 4.16. The van der Waals surface area contributed by atoms with E-state index in [-0.39, 0.29) is 17.7 Å². The number of amides is 2. The average Bonchev–Trinajstić information content (AvgIpc) is 2.89. The predicted octanol–water partition coefficient (Wildman–Crippen LogP) is 4.56. The molecule has 7 heteroatoms. The Labute approximate surface area is 205 Å². The minimum absolute atomic E-state index is 0.00393. The summed E-state index contributed by atoms with van der Waals surface area (Å²) in [5.74, 6) is 0.0155. The molecule has 0 atom stereocenters. The molecule has 1 aliphatic heterocycles. The summed E-state index contributed by atoms with van der Waals surface area (Å²) >= 11 is 5.96. The van der Waals surface area contributed by atoms with Crippen molar-refractivity contribution >= 4 is 29.1 Å². The lowest BCUT2D eigenvalue weighted by Gasteiger charge is -2.32. The second-order valence-corrected chi connectivity index (χ2v) is 8.93. The molecule has 0 unspecified atom stereocenters. The zero-order valence-corrected chi connectivity index (χ0v) is 19.8. The summed E-state index contributed by atoms with van der Waals surface area (Å²) < 4.78 is 0. The van der Waals surface area contributed by atoms with Gasteiger partial charge in [-0.05, 0) is 66.8 Å². The highest BCUT2D eigenvalue weighted by atomic mass is 35.5. The first-order valence-corrected chi connectivity index (χ1v) is 12.0. The summed E-state index contributed by atoms with van der Waals surface area (Å²) in [6, 6.07) is 19.1. The highest BCUT2D eigenvalue weighted by molar-refractivity contribution is 6.30. The van der Waals surface area contributed by atoms with Gasteiger partial charge in [-0.1, -0.05) is 35.9 Å². The van der Waals surface area contributed by atoms with Gasteiger partial charge >= 0.3 is 0 Å². The van der Waals surface area contributed by atoms with E-state index in [4.69, 9.17) is 11.6 Å². The van der Waals surface area contributed by atoms with Crippen molar-refractivity contribution in [3.63, 3.8) is 0 Å². The van der Waals surface area contributed by atoms with Crippen molar-refractivity contribution in [2.24, 2.45) is 5.92 Å². The molecule has 6 nitrogen and oxygen atoms in total. The number of para-hydroxylation sites is 1. The number of likely N-dealkylation sites (tertiary alicyclic amines) is 1. The Kier molecular flexibility index (Phi) is 8.15. The zero-order valence-electron chi connectivity index (χ0n) is 19.0. The molecule has 2 aromatic carbocycles. The van der Waals surface area contributed by atoms with Crippen molar-refractivity contribution in [1.82, 2.24) is 15.2 Å². The van der Waals surface area contributed by atoms with Crippen LogP contribution in [0.5, 0.6) is 0 Å². The monoisotopic (exact) mass is 476 g/mol. The largest absolute Gasteiger partial charge is 0.380 e. The minimum Gasteiger partial charge on any atom is -0.380 e. The van der Waals surface area contributed by atoms with Crippen LogP contribution in [-0.2, 0) is 17.8 Å². The molecule has 1 aromatic heterocycles. The molecule has 0 spiro atoms. The SMILES string of the molecule is O=C(NCCc1ccncc1)C1CCN(C(=O)c2ccccc2NCc2ccc(Cl)cc2)CC1. The number of anilines is 1. The van der Waals surface area contributed by atoms with Crippen molar-refractivity contribution in [2.45, 2.75) is 25.8 Å². The number of hydrogen-bond donors (Lipinski definition) is 2. The molecule has 0 radical (unpaired) electrons. The van der Waals surface area contributed by atoms with Gasteiger partial charge in [-0.15, -0.1) is 0 Å². The van der Waals surface area contributed by atoms with Crippen LogP contribution in [0.15, 0.2) is 73.1 Å². The van der Waals surface area contributed by atoms with Gasteiger partial charge < -0.3 is 15.5 Å². The van der Waals surface area contributed by atoms with Crippen LogP contribution < -0.4 is 10.6 Å². The van der Waals surface area contributed by atoms with Gasteiger partial charge in [0.1, 0.15) is 0 Å². The summed E-state index contributed by atoms with van der Waals surface area (Å²) in [5, 5.41) is 7.11. The molecule has 176 valence electrons. The van der Waals surface area contributed by atoms with Crippen LogP contribution in [0, 0.1) is 5.92 Å². The third-order valence-corrected chi connectivity index (χ3v) is 6.42. The minimum atomic E-state index is -0.0558. The maximum absolute atomic E-state index is 13.2. The van der Waals surface area contributed by atoms with Crippen molar-refractivity contribution in [2.75, 3.05) is 25.0 Å². The number of pyridine rings is 1. The molecule has 0 aliphatic carbocycles. The lowest BCUT2D eigenvalue weighted by atomic mass is 9.95. The van der Waals surface area contributed by atoms with Crippen LogP contribution in [0.1, 0.15) is 34.3 Å². The Bertz CT molecular complexity index is 1100. The van der Waals surface area contributed by atoms with Gasteiger partial charge in [0.2, 0.25) is 5.91 Å². The molecule has 0 saturated carbocycles. The third kappa shape index (κ3) is 6.35. The first-order valence-electron chi connectivity index (χ1n) is 11.6. The number of carbonyl (C=O) groups excluding carboxylic acids is 2. The summed E-state index contributed by atoms with van der Waals surface area (Å²) in [4.78, 5) is 31.7. The van der Waals surface area contributed by atoms with Gasteiger partial charge in [0.05, 0.1) is 5.56 Å². The summed E-state index contributed by atoms with van der Waals surface area (Å²) in [5.41, 5.74) is 3.69. The zero-order chi connectivity index (χ0) is 23.8. The third-order valence-electron chi connectivity index (χ3n) is 6.17. The predicted molar refractivity (Wildman–Crippen MR) is 135 cm³/mol. The van der Waals surface area contributed by atoms with E-state index in [1.807, 2.05) is 65.6 Å². The number of aromatic nitrogens is 1. The molecule has 1 aliphatic rings. The number of carbonyl (C=O) groups is 2. The topological polar surface area (TPSA) is 74.3 Å². The number of piperidine rings is 1. The standard InChI is InChI=1S/C27H29ClN4O2/c28-23-7-5-21(6-8-23)19-31-25-4-2-1-3-24(25)27(34)32-17-12-22(13-18-32)26(33)30-16-11-20-9-14-29-15-10-20/h1-10,14-15,22,31H,11-13,16-19H2,(H,30,33). The Hall–Kier alpha value is -3.38. The van der Waals surface area contributed by atoms with Gasteiger partial charge in [-0.2, -0.15) is 0 Å². The van der Waals surface area contributed by atoms with Crippen LogP contribution in [0.25, 0.3) is 0 Å². The molecule has 2 heterocycles. The van der Waals surface area contributed by atoms with E-state index in [0.29, 0.717) is 49.6 Å². The maximum atomic E-state index is 13.2. The van der Waals surface area contributed by atoms with Crippen LogP contribution in [0.3, 0.4) is 0 Å². The van der Waals surface area contributed by atoms with E-state index in [1.54, 1.807) is 12.4 Å². The Morgan fingerprint density at radius 2 is 1.65 bits per heavy atom. The molecule has 34 heavy (non-hydrogen) atoms. The van der Waals surface area contributed by atoms with Gasteiger partial charge in [0.25, 0.3) is 5.91 Å². The average molecular weight is 477 g/mol. The van der Waals surface area contributed by atoms with Crippen molar-refractivity contribution < 1.29 is 9.59 Å². The number of rotatable bonds is 8. The van der Waals surface area contributed by atoms with E-state index < -0.39 is 0 Å². The fourth-order valence-corrected chi connectivity index (χ4v) is 4.29. The summed E-state index contributed by atoms with van der Waals surface area (Å²) in [6.45, 7) is 2.36. The number of nitrogens with one attached hydrogen (secondary N) is 2. The van der Waals surface area contributed by atoms with Crippen molar-refractivity contribution in [1.29, 1.82) is 0 Å². The molecular weight excluding hydrogens is 448 g/mol. The Morgan fingerprint density at radius 1 is 0.941 bits per heavy atom. The van der Waals surface area contributed by atoms with Crippen LogP contribution >= 0.6 is 11.6 Å². The molecule has 0 bridgehead atoms. The van der Waals surface area contributed by atoms with Crippen molar-refractivity contribution in [3.8, 4) is 0 Å². The lowest BCUT2D eigenvalue weighted by Crippen LogP contribution is -2.43. The molecule has 1 saturated heterocycles. The fraction of sp³-hybridized carbons (Fsp3) is 0.296. The number of benzene rings is 2.